The highest BCUT2D eigenvalue weighted by atomic mass is 16.3. The van der Waals surface area contributed by atoms with Gasteiger partial charge in [-0.05, 0) is 57.3 Å². The van der Waals surface area contributed by atoms with Crippen LogP contribution in [0.2, 0.25) is 0 Å². The molecule has 0 spiro atoms. The molecule has 0 amide bonds. The molecule has 0 bridgehead atoms. The van der Waals surface area contributed by atoms with E-state index in [1.54, 1.807) is 0 Å². The van der Waals surface area contributed by atoms with Gasteiger partial charge in [0, 0.05) is 21.9 Å². The van der Waals surface area contributed by atoms with Crippen LogP contribution < -0.4 is 0 Å². The Labute approximate surface area is 271 Å². The van der Waals surface area contributed by atoms with E-state index in [1.807, 2.05) is 42.5 Å². The van der Waals surface area contributed by atoms with Crippen molar-refractivity contribution in [3.63, 3.8) is 0 Å². The average Bonchev–Trinajstić information content (AvgIpc) is 3.54. The van der Waals surface area contributed by atoms with Crippen LogP contribution in [-0.4, -0.2) is 15.0 Å². The minimum atomic E-state index is 0.571. The highest BCUT2D eigenvalue weighted by Crippen LogP contribution is 2.36. The molecule has 9 rings (SSSR count). The normalized spacial score (nSPS) is 11.4. The monoisotopic (exact) mass is 601 g/mol. The molecule has 0 N–H and O–H groups in total. The lowest BCUT2D eigenvalue weighted by Crippen LogP contribution is -2.00. The van der Waals surface area contributed by atoms with E-state index in [-0.39, 0.29) is 0 Å². The Hall–Kier alpha value is -6.39. The molecular weight excluding hydrogens is 574 g/mol. The molecule has 7 aromatic carbocycles. The van der Waals surface area contributed by atoms with Crippen LogP contribution in [0.25, 0.3) is 89.1 Å². The Morgan fingerprint density at radius 3 is 1.60 bits per heavy atom. The zero-order valence-electron chi connectivity index (χ0n) is 25.3. The van der Waals surface area contributed by atoms with Crippen LogP contribution in [0.15, 0.2) is 168 Å². The molecule has 0 unspecified atom stereocenters. The fraction of sp³-hybridized carbons (Fsp3) is 0. The number of rotatable bonds is 5. The van der Waals surface area contributed by atoms with E-state index in [2.05, 4.69) is 121 Å². The van der Waals surface area contributed by atoms with Gasteiger partial charge >= 0.3 is 0 Å². The van der Waals surface area contributed by atoms with Crippen LogP contribution in [0, 0.1) is 0 Å². The lowest BCUT2D eigenvalue weighted by Gasteiger charge is -2.10. The highest BCUT2D eigenvalue weighted by molar-refractivity contribution is 6.09. The van der Waals surface area contributed by atoms with E-state index >= 15 is 0 Å². The first-order valence-electron chi connectivity index (χ1n) is 15.7. The number of fused-ring (bicyclic) bond motifs is 4. The van der Waals surface area contributed by atoms with Gasteiger partial charge in [-0.2, -0.15) is 0 Å². The Bertz CT molecular complexity index is 2550. The first kappa shape index (κ1) is 27.0. The Kier molecular flexibility index (Phi) is 6.43. The van der Waals surface area contributed by atoms with Crippen LogP contribution in [0.1, 0.15) is 0 Å². The first-order valence-corrected chi connectivity index (χ1v) is 15.7. The van der Waals surface area contributed by atoms with Gasteiger partial charge in [-0.3, -0.25) is 0 Å². The Morgan fingerprint density at radius 2 is 0.851 bits per heavy atom. The second-order valence-electron chi connectivity index (χ2n) is 11.7. The summed E-state index contributed by atoms with van der Waals surface area (Å²) in [6.45, 7) is 0. The summed E-state index contributed by atoms with van der Waals surface area (Å²) in [6.07, 6.45) is 0. The van der Waals surface area contributed by atoms with Gasteiger partial charge in [0.15, 0.2) is 17.5 Å². The summed E-state index contributed by atoms with van der Waals surface area (Å²) in [5.74, 6) is 1.79. The molecule has 2 aromatic heterocycles. The molecule has 0 saturated carbocycles. The van der Waals surface area contributed by atoms with Gasteiger partial charge < -0.3 is 4.42 Å². The molecule has 2 heterocycles. The van der Waals surface area contributed by atoms with Crippen molar-refractivity contribution in [2.24, 2.45) is 0 Å². The number of benzene rings is 7. The number of furan rings is 1. The molecule has 0 saturated heterocycles. The molecule has 0 aliphatic carbocycles. The first-order chi connectivity index (χ1) is 23.3. The van der Waals surface area contributed by atoms with Crippen molar-refractivity contribution in [3.05, 3.63) is 164 Å². The number of hydrogen-bond acceptors (Lipinski definition) is 4. The summed E-state index contributed by atoms with van der Waals surface area (Å²) in [7, 11) is 0. The van der Waals surface area contributed by atoms with E-state index < -0.39 is 0 Å². The maximum atomic E-state index is 6.40. The van der Waals surface area contributed by atoms with E-state index in [1.165, 1.54) is 16.7 Å². The Morgan fingerprint density at radius 1 is 0.340 bits per heavy atom. The highest BCUT2D eigenvalue weighted by Gasteiger charge is 2.18. The third-order valence-corrected chi connectivity index (χ3v) is 8.74. The number of aromatic nitrogens is 3. The van der Waals surface area contributed by atoms with Gasteiger partial charge in [0.25, 0.3) is 0 Å². The minimum Gasteiger partial charge on any atom is -0.455 e. The van der Waals surface area contributed by atoms with Crippen molar-refractivity contribution < 1.29 is 4.42 Å². The lowest BCUT2D eigenvalue weighted by molar-refractivity contribution is 0.669. The van der Waals surface area contributed by atoms with Crippen molar-refractivity contribution in [1.29, 1.82) is 0 Å². The average molecular weight is 602 g/mol. The fourth-order valence-corrected chi connectivity index (χ4v) is 6.32. The summed E-state index contributed by atoms with van der Waals surface area (Å²) < 4.78 is 6.40. The Balaban J connectivity index is 1.20. The molecule has 220 valence electrons. The molecular formula is C43H27N3O. The lowest BCUT2D eigenvalue weighted by atomic mass is 10.00. The predicted octanol–water partition coefficient (Wildman–Crippen LogP) is 11.3. The molecule has 4 nitrogen and oxygen atoms in total. The molecule has 0 radical (unpaired) electrons. The largest absolute Gasteiger partial charge is 0.455 e. The zero-order chi connectivity index (χ0) is 31.2. The molecule has 0 atom stereocenters. The van der Waals surface area contributed by atoms with Crippen LogP contribution >= 0.6 is 0 Å². The van der Waals surface area contributed by atoms with E-state index in [0.29, 0.717) is 17.5 Å². The van der Waals surface area contributed by atoms with Crippen molar-refractivity contribution in [3.8, 4) is 56.4 Å². The van der Waals surface area contributed by atoms with Crippen molar-refractivity contribution in [1.82, 2.24) is 15.0 Å². The molecule has 47 heavy (non-hydrogen) atoms. The predicted molar refractivity (Wildman–Crippen MR) is 192 cm³/mol. The smallest absolute Gasteiger partial charge is 0.167 e. The molecule has 9 aromatic rings. The van der Waals surface area contributed by atoms with E-state index in [4.69, 9.17) is 19.4 Å². The second kappa shape index (κ2) is 11.2. The van der Waals surface area contributed by atoms with Crippen molar-refractivity contribution in [2.45, 2.75) is 0 Å². The third-order valence-electron chi connectivity index (χ3n) is 8.74. The summed E-state index contributed by atoms with van der Waals surface area (Å²) in [6, 6.07) is 56.5. The quantitative estimate of drug-likeness (QED) is 0.197. The number of para-hydroxylation sites is 2. The standard InChI is InChI=1S/C43H27N3O/c1-3-10-28(11-4-1)30-18-20-31(21-19-30)41-44-42(35-25-24-33-26-32(22-23-34(33)27-35)29-12-5-2-6-13-29)46-43(45-41)38-16-9-15-37-36-14-7-8-17-39(36)47-40(37)38/h1-27H. The van der Waals surface area contributed by atoms with Gasteiger partial charge in [-0.1, -0.05) is 140 Å². The van der Waals surface area contributed by atoms with Gasteiger partial charge in [0.2, 0.25) is 0 Å². The van der Waals surface area contributed by atoms with Crippen LogP contribution in [0.4, 0.5) is 0 Å². The van der Waals surface area contributed by atoms with Gasteiger partial charge in [-0.25, -0.2) is 15.0 Å². The summed E-state index contributed by atoms with van der Waals surface area (Å²) in [5, 5.41) is 4.39. The van der Waals surface area contributed by atoms with Crippen LogP contribution in [0.5, 0.6) is 0 Å². The number of hydrogen-bond donors (Lipinski definition) is 0. The third kappa shape index (κ3) is 4.93. The van der Waals surface area contributed by atoms with Crippen LogP contribution in [-0.2, 0) is 0 Å². The van der Waals surface area contributed by atoms with Gasteiger partial charge in [-0.15, -0.1) is 0 Å². The SMILES string of the molecule is c1ccc(-c2ccc(-c3nc(-c4ccc5cc(-c6ccccc6)ccc5c4)nc(-c4cccc5c4oc4ccccc45)n3)cc2)cc1. The van der Waals surface area contributed by atoms with Crippen molar-refractivity contribution in [2.75, 3.05) is 0 Å². The van der Waals surface area contributed by atoms with Crippen LogP contribution in [0.3, 0.4) is 0 Å². The second-order valence-corrected chi connectivity index (χ2v) is 11.7. The molecule has 4 heteroatoms. The molecule has 0 fully saturated rings. The summed E-state index contributed by atoms with van der Waals surface area (Å²) in [5.41, 5.74) is 8.97. The van der Waals surface area contributed by atoms with Gasteiger partial charge in [0.1, 0.15) is 11.2 Å². The molecule has 0 aliphatic heterocycles. The summed E-state index contributed by atoms with van der Waals surface area (Å²) in [4.78, 5) is 15.2. The number of nitrogens with zero attached hydrogens (tertiary/aromatic N) is 3. The zero-order valence-corrected chi connectivity index (χ0v) is 25.3. The van der Waals surface area contributed by atoms with E-state index in [9.17, 15) is 0 Å². The maximum Gasteiger partial charge on any atom is 0.167 e. The molecule has 0 aliphatic rings. The summed E-state index contributed by atoms with van der Waals surface area (Å²) >= 11 is 0. The topological polar surface area (TPSA) is 51.8 Å². The minimum absolute atomic E-state index is 0.571. The van der Waals surface area contributed by atoms with Crippen molar-refractivity contribution >= 4 is 32.7 Å². The van der Waals surface area contributed by atoms with Gasteiger partial charge in [0.05, 0.1) is 5.56 Å². The fourth-order valence-electron chi connectivity index (χ4n) is 6.32. The van der Waals surface area contributed by atoms with E-state index in [0.717, 1.165) is 55.0 Å². The maximum absolute atomic E-state index is 6.40.